The number of halogens is 1. The van der Waals surface area contributed by atoms with Crippen LogP contribution in [0.25, 0.3) is 0 Å². The van der Waals surface area contributed by atoms with E-state index in [0.29, 0.717) is 32.8 Å². The fourth-order valence-corrected chi connectivity index (χ4v) is 4.12. The Morgan fingerprint density at radius 3 is 2.65 bits per heavy atom. The largest absolute Gasteiger partial charge is 0.459 e. The maximum atomic E-state index is 12.9. The summed E-state index contributed by atoms with van der Waals surface area (Å²) in [6.45, 7) is 1.85. The molecule has 2 heterocycles. The molecule has 8 heteroatoms. The Kier molecular flexibility index (Phi) is 4.52. The maximum absolute atomic E-state index is 12.9. The first-order valence-electron chi connectivity index (χ1n) is 8.61. The van der Waals surface area contributed by atoms with E-state index in [1.807, 2.05) is 0 Å². The molecule has 4 rings (SSSR count). The first kappa shape index (κ1) is 17.2. The summed E-state index contributed by atoms with van der Waals surface area (Å²) in [6, 6.07) is 2.55. The molecule has 1 aliphatic carbocycles. The van der Waals surface area contributed by atoms with Crippen molar-refractivity contribution < 1.29 is 23.8 Å². The van der Waals surface area contributed by atoms with Gasteiger partial charge in [0, 0.05) is 10.2 Å². The predicted octanol–water partition coefficient (Wildman–Crippen LogP) is 3.29. The fourth-order valence-electron chi connectivity index (χ4n) is 3.57. The number of esters is 1. The quantitative estimate of drug-likeness (QED) is 0.729. The molecule has 0 radical (unpaired) electrons. The first-order chi connectivity index (χ1) is 12.5. The number of urea groups is 1. The average Bonchev–Trinajstić information content (AvgIpc) is 3.24. The molecule has 138 valence electrons. The number of nitrogens with one attached hydrogen (secondary N) is 2. The number of rotatable bonds is 3. The van der Waals surface area contributed by atoms with E-state index in [2.05, 4.69) is 26.6 Å². The van der Waals surface area contributed by atoms with E-state index in [4.69, 9.17) is 14.2 Å². The third-order valence-corrected chi connectivity index (χ3v) is 5.55. The molecule has 1 atom stereocenters. The van der Waals surface area contributed by atoms with Gasteiger partial charge in [0.25, 0.3) is 0 Å². The van der Waals surface area contributed by atoms with Gasteiger partial charge >= 0.3 is 12.0 Å². The molecule has 26 heavy (non-hydrogen) atoms. The smallest absolute Gasteiger partial charge is 0.338 e. The standard InChI is InChI=1S/C18H19BrN2O5/c1-9-15(17(22)26-10-4-2-3-5-10)16(21-18(23)20-9)11-6-13-14(7-12(11)19)25-8-24-13/h6-7,10,16H,2-5,8H2,1H3,(H2,20,21,23). The van der Waals surface area contributed by atoms with Gasteiger partial charge in [-0.2, -0.15) is 0 Å². The van der Waals surface area contributed by atoms with Crippen LogP contribution in [0.4, 0.5) is 4.79 Å². The molecule has 1 saturated carbocycles. The van der Waals surface area contributed by atoms with Crippen molar-refractivity contribution in [3.63, 3.8) is 0 Å². The summed E-state index contributed by atoms with van der Waals surface area (Å²) in [5.41, 5.74) is 1.60. The maximum Gasteiger partial charge on any atom is 0.338 e. The second-order valence-electron chi connectivity index (χ2n) is 6.61. The third-order valence-electron chi connectivity index (χ3n) is 4.87. The molecule has 0 spiro atoms. The highest BCUT2D eigenvalue weighted by Gasteiger charge is 2.35. The topological polar surface area (TPSA) is 85.9 Å². The molecule has 2 amide bonds. The fraction of sp³-hybridized carbons (Fsp3) is 0.444. The SMILES string of the molecule is CC1=C(C(=O)OC2CCCC2)C(c2cc3c(cc2Br)OCO3)NC(=O)N1. The normalized spacial score (nSPS) is 22.2. The lowest BCUT2D eigenvalue weighted by molar-refractivity contribution is -0.144. The van der Waals surface area contributed by atoms with E-state index in [1.54, 1.807) is 19.1 Å². The summed E-state index contributed by atoms with van der Waals surface area (Å²) in [5, 5.41) is 5.48. The second-order valence-corrected chi connectivity index (χ2v) is 7.46. The molecule has 0 aromatic heterocycles. The van der Waals surface area contributed by atoms with Crippen molar-refractivity contribution >= 4 is 27.9 Å². The van der Waals surface area contributed by atoms with Crippen LogP contribution in [-0.2, 0) is 9.53 Å². The molecular formula is C18H19BrN2O5. The lowest BCUT2D eigenvalue weighted by atomic mass is 9.95. The summed E-state index contributed by atoms with van der Waals surface area (Å²) < 4.78 is 17.2. The van der Waals surface area contributed by atoms with Gasteiger partial charge in [-0.05, 0) is 50.3 Å². The van der Waals surface area contributed by atoms with Crippen LogP contribution < -0.4 is 20.1 Å². The molecule has 1 fully saturated rings. The molecule has 2 aliphatic heterocycles. The van der Waals surface area contributed by atoms with Crippen molar-refractivity contribution in [2.24, 2.45) is 0 Å². The van der Waals surface area contributed by atoms with Crippen LogP contribution in [0.15, 0.2) is 27.9 Å². The Morgan fingerprint density at radius 1 is 1.23 bits per heavy atom. The van der Waals surface area contributed by atoms with Gasteiger partial charge < -0.3 is 24.8 Å². The number of carbonyl (C=O) groups is 2. The average molecular weight is 423 g/mol. The molecule has 1 aromatic rings. The minimum Gasteiger partial charge on any atom is -0.459 e. The molecule has 1 aromatic carbocycles. The Hall–Kier alpha value is -2.22. The van der Waals surface area contributed by atoms with Gasteiger partial charge in [-0.1, -0.05) is 15.9 Å². The first-order valence-corrected chi connectivity index (χ1v) is 9.40. The number of carbonyl (C=O) groups excluding carboxylic acids is 2. The number of fused-ring (bicyclic) bond motifs is 1. The van der Waals surface area contributed by atoms with Crippen molar-refractivity contribution in [1.29, 1.82) is 0 Å². The van der Waals surface area contributed by atoms with Crippen LogP contribution in [0.3, 0.4) is 0 Å². The van der Waals surface area contributed by atoms with Crippen molar-refractivity contribution in [2.45, 2.75) is 44.8 Å². The van der Waals surface area contributed by atoms with Crippen LogP contribution in [0.2, 0.25) is 0 Å². The Labute approximate surface area is 159 Å². The van der Waals surface area contributed by atoms with Crippen molar-refractivity contribution in [3.05, 3.63) is 33.4 Å². The van der Waals surface area contributed by atoms with Gasteiger partial charge in [0.15, 0.2) is 11.5 Å². The number of amides is 2. The minimum absolute atomic E-state index is 0.0544. The highest BCUT2D eigenvalue weighted by molar-refractivity contribution is 9.10. The van der Waals surface area contributed by atoms with Crippen molar-refractivity contribution in [2.75, 3.05) is 6.79 Å². The summed E-state index contributed by atoms with van der Waals surface area (Å²) in [5.74, 6) is 0.797. The van der Waals surface area contributed by atoms with E-state index >= 15 is 0 Å². The molecule has 2 N–H and O–H groups in total. The van der Waals surface area contributed by atoms with Gasteiger partial charge in [-0.15, -0.1) is 0 Å². The molecule has 7 nitrogen and oxygen atoms in total. The zero-order valence-corrected chi connectivity index (χ0v) is 15.9. The van der Waals surface area contributed by atoms with E-state index in [-0.39, 0.29) is 18.9 Å². The van der Waals surface area contributed by atoms with E-state index in [1.165, 1.54) is 0 Å². The summed E-state index contributed by atoms with van der Waals surface area (Å²) >= 11 is 3.51. The highest BCUT2D eigenvalue weighted by atomic mass is 79.9. The Morgan fingerprint density at radius 2 is 1.92 bits per heavy atom. The lowest BCUT2D eigenvalue weighted by Crippen LogP contribution is -2.45. The van der Waals surface area contributed by atoms with Crippen LogP contribution in [0, 0.1) is 0 Å². The second kappa shape index (κ2) is 6.83. The molecule has 0 saturated heterocycles. The van der Waals surface area contributed by atoms with E-state index in [0.717, 1.165) is 25.7 Å². The third kappa shape index (κ3) is 3.13. The molecule has 0 bridgehead atoms. The van der Waals surface area contributed by atoms with Crippen LogP contribution in [0.5, 0.6) is 11.5 Å². The molecule has 3 aliphatic rings. The van der Waals surface area contributed by atoms with Crippen molar-refractivity contribution in [3.8, 4) is 11.5 Å². The summed E-state index contributed by atoms with van der Waals surface area (Å²) in [6.07, 6.45) is 3.86. The Bertz CT molecular complexity index is 801. The highest BCUT2D eigenvalue weighted by Crippen LogP contribution is 2.41. The van der Waals surface area contributed by atoms with Crippen LogP contribution in [0.1, 0.15) is 44.2 Å². The molecule has 1 unspecified atom stereocenters. The Balaban J connectivity index is 1.69. The van der Waals surface area contributed by atoms with Gasteiger partial charge in [-0.25, -0.2) is 9.59 Å². The summed E-state index contributed by atoms with van der Waals surface area (Å²) in [4.78, 5) is 24.9. The van der Waals surface area contributed by atoms with Crippen LogP contribution >= 0.6 is 15.9 Å². The number of benzene rings is 1. The summed E-state index contributed by atoms with van der Waals surface area (Å²) in [7, 11) is 0. The monoisotopic (exact) mass is 422 g/mol. The van der Waals surface area contributed by atoms with Gasteiger partial charge in [0.1, 0.15) is 6.10 Å². The minimum atomic E-state index is -0.637. The predicted molar refractivity (Wildman–Crippen MR) is 95.7 cm³/mol. The van der Waals surface area contributed by atoms with E-state index < -0.39 is 12.0 Å². The van der Waals surface area contributed by atoms with E-state index in [9.17, 15) is 9.59 Å². The lowest BCUT2D eigenvalue weighted by Gasteiger charge is -2.29. The van der Waals surface area contributed by atoms with Crippen molar-refractivity contribution in [1.82, 2.24) is 10.6 Å². The van der Waals surface area contributed by atoms with Gasteiger partial charge in [0.05, 0.1) is 11.6 Å². The van der Waals surface area contributed by atoms with Gasteiger partial charge in [0.2, 0.25) is 6.79 Å². The molecular weight excluding hydrogens is 404 g/mol. The van der Waals surface area contributed by atoms with Gasteiger partial charge in [-0.3, -0.25) is 0 Å². The number of hydrogen-bond acceptors (Lipinski definition) is 5. The number of allylic oxidation sites excluding steroid dienone is 1. The zero-order valence-electron chi connectivity index (χ0n) is 14.3. The zero-order chi connectivity index (χ0) is 18.3. The van der Waals surface area contributed by atoms with Crippen LogP contribution in [-0.4, -0.2) is 24.9 Å². The number of hydrogen-bond donors (Lipinski definition) is 2. The number of ether oxygens (including phenoxy) is 3.